The minimum Gasteiger partial charge on any atom is -0.344 e. The summed E-state index contributed by atoms with van der Waals surface area (Å²) in [5, 5.41) is 2.91. The molecule has 0 atom stereocenters. The summed E-state index contributed by atoms with van der Waals surface area (Å²) in [5.74, 6) is -0.328. The highest BCUT2D eigenvalue weighted by molar-refractivity contribution is 5.96. The molecule has 0 saturated heterocycles. The van der Waals surface area contributed by atoms with E-state index in [1.807, 2.05) is 67.7 Å². The van der Waals surface area contributed by atoms with E-state index in [0.29, 0.717) is 11.0 Å². The van der Waals surface area contributed by atoms with Crippen LogP contribution in [0.25, 0.3) is 22.2 Å². The number of carbonyl (C=O) groups excluding carboxylic acids is 1. The van der Waals surface area contributed by atoms with Gasteiger partial charge in [-0.25, -0.2) is 4.79 Å². The highest BCUT2D eigenvalue weighted by Gasteiger charge is 2.21. The standard InChI is InChI=1S/C24H24N4O3/c1-4-16-10-8-9-13-19(16)25-20(29)15-28-21-18(17-11-6-5-7-12-17)14-26(2)22(21)23(30)27(3)24(28)31/h5-14H,4,15H2,1-3H3,(H,25,29). The van der Waals surface area contributed by atoms with Crippen molar-refractivity contribution in [2.24, 2.45) is 14.1 Å². The van der Waals surface area contributed by atoms with Crippen molar-refractivity contribution in [3.05, 3.63) is 87.2 Å². The van der Waals surface area contributed by atoms with Crippen molar-refractivity contribution in [1.82, 2.24) is 13.7 Å². The summed E-state index contributed by atoms with van der Waals surface area (Å²) in [5.41, 5.74) is 3.25. The molecular weight excluding hydrogens is 392 g/mol. The smallest absolute Gasteiger partial charge is 0.331 e. The van der Waals surface area contributed by atoms with Crippen LogP contribution in [0.1, 0.15) is 12.5 Å². The van der Waals surface area contributed by atoms with Gasteiger partial charge in [0, 0.05) is 31.5 Å². The van der Waals surface area contributed by atoms with Gasteiger partial charge in [0.15, 0.2) is 0 Å². The second-order valence-corrected chi connectivity index (χ2v) is 7.51. The van der Waals surface area contributed by atoms with Gasteiger partial charge < -0.3 is 9.88 Å². The van der Waals surface area contributed by atoms with Crippen molar-refractivity contribution < 1.29 is 4.79 Å². The van der Waals surface area contributed by atoms with Gasteiger partial charge >= 0.3 is 5.69 Å². The third-order valence-corrected chi connectivity index (χ3v) is 5.51. The molecule has 1 N–H and O–H groups in total. The molecule has 7 nitrogen and oxygen atoms in total. The number of aromatic nitrogens is 3. The molecule has 4 aromatic rings. The Balaban J connectivity index is 1.86. The van der Waals surface area contributed by atoms with Crippen molar-refractivity contribution in [2.45, 2.75) is 19.9 Å². The molecule has 0 spiro atoms. The summed E-state index contributed by atoms with van der Waals surface area (Å²) in [6, 6.07) is 17.1. The lowest BCUT2D eigenvalue weighted by Crippen LogP contribution is -2.40. The third kappa shape index (κ3) is 3.59. The number of fused-ring (bicyclic) bond motifs is 1. The second kappa shape index (κ2) is 8.10. The quantitative estimate of drug-likeness (QED) is 0.543. The van der Waals surface area contributed by atoms with Gasteiger partial charge in [0.25, 0.3) is 5.56 Å². The monoisotopic (exact) mass is 416 g/mol. The average Bonchev–Trinajstić information content (AvgIpc) is 3.13. The summed E-state index contributed by atoms with van der Waals surface area (Å²) in [7, 11) is 3.20. The van der Waals surface area contributed by atoms with Crippen LogP contribution in [0.2, 0.25) is 0 Å². The summed E-state index contributed by atoms with van der Waals surface area (Å²) in [6.45, 7) is 1.81. The molecule has 0 saturated carbocycles. The Morgan fingerprint density at radius 2 is 1.61 bits per heavy atom. The molecule has 7 heteroatoms. The van der Waals surface area contributed by atoms with Crippen LogP contribution in [0.3, 0.4) is 0 Å². The zero-order chi connectivity index (χ0) is 22.1. The van der Waals surface area contributed by atoms with Crippen molar-refractivity contribution in [3.8, 4) is 11.1 Å². The van der Waals surface area contributed by atoms with Crippen molar-refractivity contribution in [1.29, 1.82) is 0 Å². The second-order valence-electron chi connectivity index (χ2n) is 7.51. The average molecular weight is 416 g/mol. The van der Waals surface area contributed by atoms with Crippen LogP contribution >= 0.6 is 0 Å². The third-order valence-electron chi connectivity index (χ3n) is 5.51. The number of aryl methyl sites for hydroxylation is 2. The van der Waals surface area contributed by atoms with Crippen LogP contribution < -0.4 is 16.6 Å². The van der Waals surface area contributed by atoms with Crippen LogP contribution in [-0.4, -0.2) is 19.6 Å². The Labute approximate surface area is 179 Å². The molecule has 31 heavy (non-hydrogen) atoms. The maximum absolute atomic E-state index is 13.0. The van der Waals surface area contributed by atoms with Gasteiger partial charge in [0.2, 0.25) is 5.91 Å². The molecule has 158 valence electrons. The van der Waals surface area contributed by atoms with Crippen molar-refractivity contribution in [3.63, 3.8) is 0 Å². The van der Waals surface area contributed by atoms with E-state index in [-0.39, 0.29) is 12.5 Å². The van der Waals surface area contributed by atoms with Gasteiger partial charge in [-0.15, -0.1) is 0 Å². The van der Waals surface area contributed by atoms with Gasteiger partial charge in [-0.3, -0.25) is 18.7 Å². The maximum atomic E-state index is 13.0. The lowest BCUT2D eigenvalue weighted by atomic mass is 10.1. The van der Waals surface area contributed by atoms with Crippen LogP contribution in [0.4, 0.5) is 5.69 Å². The van der Waals surface area contributed by atoms with Gasteiger partial charge in [-0.1, -0.05) is 55.5 Å². The number of rotatable bonds is 5. The first-order chi connectivity index (χ1) is 14.9. The molecule has 0 unspecified atom stereocenters. The zero-order valence-electron chi connectivity index (χ0n) is 17.8. The number of nitrogens with one attached hydrogen (secondary N) is 1. The molecule has 0 aliphatic rings. The van der Waals surface area contributed by atoms with E-state index >= 15 is 0 Å². The topological polar surface area (TPSA) is 78.0 Å². The first-order valence-electron chi connectivity index (χ1n) is 10.1. The molecule has 0 fully saturated rings. The van der Waals surface area contributed by atoms with Crippen molar-refractivity contribution >= 4 is 22.6 Å². The van der Waals surface area contributed by atoms with E-state index in [1.165, 1.54) is 11.6 Å². The molecule has 4 rings (SSSR count). The summed E-state index contributed by atoms with van der Waals surface area (Å²) >= 11 is 0. The lowest BCUT2D eigenvalue weighted by Gasteiger charge is -2.13. The summed E-state index contributed by atoms with van der Waals surface area (Å²) in [6.07, 6.45) is 2.60. The van der Waals surface area contributed by atoms with Crippen LogP contribution in [-0.2, 0) is 31.9 Å². The fourth-order valence-electron chi connectivity index (χ4n) is 3.92. The number of amides is 1. The molecule has 0 aliphatic heterocycles. The first-order valence-corrected chi connectivity index (χ1v) is 10.1. The molecule has 0 bridgehead atoms. The number of nitrogens with zero attached hydrogens (tertiary/aromatic N) is 3. The molecule has 2 aromatic carbocycles. The number of hydrogen-bond acceptors (Lipinski definition) is 3. The van der Waals surface area contributed by atoms with Gasteiger partial charge in [0.1, 0.15) is 12.1 Å². The van der Waals surface area contributed by atoms with E-state index in [1.54, 1.807) is 11.6 Å². The Bertz CT molecular complexity index is 1390. The zero-order valence-corrected chi connectivity index (χ0v) is 17.8. The fraction of sp³-hybridized carbons (Fsp3) is 0.208. The fourth-order valence-corrected chi connectivity index (χ4v) is 3.92. The van der Waals surface area contributed by atoms with E-state index < -0.39 is 11.2 Å². The highest BCUT2D eigenvalue weighted by Crippen LogP contribution is 2.28. The SMILES string of the molecule is CCc1ccccc1NC(=O)Cn1c(=O)n(C)c(=O)c2c1c(-c1ccccc1)cn2C. The number of benzene rings is 2. The van der Waals surface area contributed by atoms with Gasteiger partial charge in [-0.05, 0) is 23.6 Å². The molecule has 1 amide bonds. The van der Waals surface area contributed by atoms with Gasteiger partial charge in [0.05, 0.1) is 5.52 Å². The largest absolute Gasteiger partial charge is 0.344 e. The molecule has 2 heterocycles. The minimum absolute atomic E-state index is 0.203. The number of para-hydroxylation sites is 1. The number of anilines is 1. The predicted octanol–water partition coefficient (Wildman–Crippen LogP) is 2.91. The highest BCUT2D eigenvalue weighted by atomic mass is 16.2. The Morgan fingerprint density at radius 1 is 0.935 bits per heavy atom. The van der Waals surface area contributed by atoms with Gasteiger partial charge in [-0.2, -0.15) is 0 Å². The van der Waals surface area contributed by atoms with Crippen LogP contribution in [0.15, 0.2) is 70.4 Å². The van der Waals surface area contributed by atoms with E-state index in [0.717, 1.165) is 33.4 Å². The maximum Gasteiger partial charge on any atom is 0.331 e. The molecular formula is C24H24N4O3. The Hall–Kier alpha value is -3.87. The Morgan fingerprint density at radius 3 is 2.32 bits per heavy atom. The first kappa shape index (κ1) is 20.4. The van der Waals surface area contributed by atoms with Crippen LogP contribution in [0.5, 0.6) is 0 Å². The number of hydrogen-bond donors (Lipinski definition) is 1. The molecule has 0 aliphatic carbocycles. The summed E-state index contributed by atoms with van der Waals surface area (Å²) in [4.78, 5) is 38.8. The minimum atomic E-state index is -0.528. The van der Waals surface area contributed by atoms with E-state index in [9.17, 15) is 14.4 Å². The predicted molar refractivity (Wildman–Crippen MR) is 122 cm³/mol. The molecule has 2 aromatic heterocycles. The van der Waals surface area contributed by atoms with Crippen LogP contribution in [0, 0.1) is 0 Å². The number of carbonyl (C=O) groups is 1. The normalized spacial score (nSPS) is 11.1. The van der Waals surface area contributed by atoms with Crippen molar-refractivity contribution in [2.75, 3.05) is 5.32 Å². The molecule has 0 radical (unpaired) electrons. The van der Waals surface area contributed by atoms with E-state index in [2.05, 4.69) is 5.32 Å². The Kier molecular flexibility index (Phi) is 5.33. The summed E-state index contributed by atoms with van der Waals surface area (Å²) < 4.78 is 4.13. The van der Waals surface area contributed by atoms with E-state index in [4.69, 9.17) is 0 Å². The lowest BCUT2D eigenvalue weighted by molar-refractivity contribution is -0.116.